The van der Waals surface area contributed by atoms with Gasteiger partial charge in [0.15, 0.2) is 5.96 Å². The topological polar surface area (TPSA) is 56.9 Å². The Morgan fingerprint density at radius 3 is 2.59 bits per heavy atom. The molecule has 1 aromatic carbocycles. The molecule has 2 heterocycles. The van der Waals surface area contributed by atoms with Crippen LogP contribution in [-0.2, 0) is 6.54 Å². The summed E-state index contributed by atoms with van der Waals surface area (Å²) in [7, 11) is 1.85. The molecule has 1 aromatic heterocycles. The molecule has 0 saturated carbocycles. The van der Waals surface area contributed by atoms with Gasteiger partial charge < -0.3 is 14.7 Å². The molecule has 2 aromatic rings. The molecule has 160 valence electrons. The average molecular weight is 532 g/mol. The maximum Gasteiger partial charge on any atom is 0.193 e. The second kappa shape index (κ2) is 11.2. The van der Waals surface area contributed by atoms with Crippen molar-refractivity contribution in [2.75, 3.05) is 39.8 Å². The zero-order valence-electron chi connectivity index (χ0n) is 17.6. The lowest BCUT2D eigenvalue weighted by Crippen LogP contribution is -2.52. The van der Waals surface area contributed by atoms with Crippen molar-refractivity contribution in [1.82, 2.24) is 20.3 Å². The predicted octanol–water partition coefficient (Wildman–Crippen LogP) is 4.06. The van der Waals surface area contributed by atoms with E-state index in [4.69, 9.17) is 16.1 Å². The van der Waals surface area contributed by atoms with Crippen LogP contribution in [0.4, 0.5) is 0 Å². The third-order valence-electron chi connectivity index (χ3n) is 5.33. The maximum atomic E-state index is 6.10. The molecule has 0 bridgehead atoms. The molecule has 1 N–H and O–H groups in total. The van der Waals surface area contributed by atoms with E-state index in [1.165, 1.54) is 11.1 Å². The maximum absolute atomic E-state index is 6.10. The van der Waals surface area contributed by atoms with Crippen LogP contribution in [-0.4, -0.2) is 60.7 Å². The molecule has 0 amide bonds. The molecule has 1 atom stereocenters. The van der Waals surface area contributed by atoms with E-state index in [0.717, 1.165) is 61.7 Å². The molecular weight excluding hydrogens is 501 g/mol. The number of aliphatic imine (C=N–C) groups is 1. The van der Waals surface area contributed by atoms with Gasteiger partial charge in [-0.15, -0.1) is 24.0 Å². The Morgan fingerprint density at radius 2 is 2.00 bits per heavy atom. The summed E-state index contributed by atoms with van der Waals surface area (Å²) in [6.45, 7) is 11.8. The minimum absolute atomic E-state index is 0. The third kappa shape index (κ3) is 6.33. The molecule has 1 saturated heterocycles. The largest absolute Gasteiger partial charge is 0.361 e. The Balaban J connectivity index is 0.00000300. The van der Waals surface area contributed by atoms with Gasteiger partial charge in [0.2, 0.25) is 0 Å². The normalized spacial score (nSPS) is 16.4. The molecule has 0 spiro atoms. The molecule has 1 aliphatic heterocycles. The summed E-state index contributed by atoms with van der Waals surface area (Å²) >= 11 is 6.10. The first-order valence-corrected chi connectivity index (χ1v) is 10.2. The van der Waals surface area contributed by atoms with Crippen molar-refractivity contribution in [3.05, 3.63) is 51.9 Å². The number of aromatic nitrogens is 1. The first-order chi connectivity index (χ1) is 13.5. The summed E-state index contributed by atoms with van der Waals surface area (Å²) < 4.78 is 5.30. The fraction of sp³-hybridized carbons (Fsp3) is 0.524. The molecule has 6 nitrogen and oxygen atoms in total. The molecule has 0 radical (unpaired) electrons. The first kappa shape index (κ1) is 24.0. The SMILES string of the molecule is CN=C(NCC(C)c1c(C)noc1C)N1CCN(Cc2cccc(Cl)c2)CC1.I. The number of guanidine groups is 1. The standard InChI is InChI=1S/C21H30ClN5O.HI/c1-15(20-16(2)25-28-17(20)3)13-24-21(23-4)27-10-8-26(9-11-27)14-18-6-5-7-19(22)12-18;/h5-7,12,15H,8-11,13-14H2,1-4H3,(H,23,24);1H. The van der Waals surface area contributed by atoms with Crippen molar-refractivity contribution in [2.24, 2.45) is 4.99 Å². The number of hydrogen-bond acceptors (Lipinski definition) is 4. The van der Waals surface area contributed by atoms with Crippen LogP contribution in [0.3, 0.4) is 0 Å². The number of halogens is 2. The Morgan fingerprint density at radius 1 is 1.28 bits per heavy atom. The molecule has 1 unspecified atom stereocenters. The van der Waals surface area contributed by atoms with E-state index in [2.05, 4.69) is 38.3 Å². The number of aryl methyl sites for hydroxylation is 2. The van der Waals surface area contributed by atoms with E-state index in [0.29, 0.717) is 5.92 Å². The van der Waals surface area contributed by atoms with Gasteiger partial charge in [-0.2, -0.15) is 0 Å². The Labute approximate surface area is 195 Å². The summed E-state index contributed by atoms with van der Waals surface area (Å²) in [5.41, 5.74) is 3.42. The lowest BCUT2D eigenvalue weighted by molar-refractivity contribution is 0.172. The summed E-state index contributed by atoms with van der Waals surface area (Å²) in [5.74, 6) is 2.17. The van der Waals surface area contributed by atoms with Crippen molar-refractivity contribution in [2.45, 2.75) is 33.2 Å². The number of benzene rings is 1. The highest BCUT2D eigenvalue weighted by molar-refractivity contribution is 14.0. The van der Waals surface area contributed by atoms with Gasteiger partial charge in [-0.1, -0.05) is 35.8 Å². The van der Waals surface area contributed by atoms with Crippen LogP contribution in [0.25, 0.3) is 0 Å². The Hall–Kier alpha value is -1.32. The third-order valence-corrected chi connectivity index (χ3v) is 5.56. The minimum atomic E-state index is 0. The van der Waals surface area contributed by atoms with E-state index in [-0.39, 0.29) is 24.0 Å². The van der Waals surface area contributed by atoms with Crippen molar-refractivity contribution >= 4 is 41.5 Å². The van der Waals surface area contributed by atoms with Gasteiger partial charge in [0.1, 0.15) is 5.76 Å². The molecule has 3 rings (SSSR count). The Bertz CT molecular complexity index is 798. The van der Waals surface area contributed by atoms with Gasteiger partial charge in [0.25, 0.3) is 0 Å². The smallest absolute Gasteiger partial charge is 0.193 e. The fourth-order valence-electron chi connectivity index (χ4n) is 3.88. The number of nitrogens with one attached hydrogen (secondary N) is 1. The second-order valence-corrected chi connectivity index (χ2v) is 7.90. The van der Waals surface area contributed by atoms with E-state index in [1.54, 1.807) is 0 Å². The van der Waals surface area contributed by atoms with Crippen LogP contribution in [0.5, 0.6) is 0 Å². The van der Waals surface area contributed by atoms with Gasteiger partial charge in [-0.25, -0.2) is 0 Å². The predicted molar refractivity (Wildman–Crippen MR) is 129 cm³/mol. The lowest BCUT2D eigenvalue weighted by Gasteiger charge is -2.36. The first-order valence-electron chi connectivity index (χ1n) is 9.83. The van der Waals surface area contributed by atoms with Gasteiger partial charge in [-0.05, 0) is 31.5 Å². The molecule has 29 heavy (non-hydrogen) atoms. The van der Waals surface area contributed by atoms with Crippen molar-refractivity contribution in [3.8, 4) is 0 Å². The van der Waals surface area contributed by atoms with Gasteiger partial charge in [0.05, 0.1) is 5.69 Å². The lowest BCUT2D eigenvalue weighted by atomic mass is 10.00. The molecule has 8 heteroatoms. The summed E-state index contributed by atoms with van der Waals surface area (Å²) in [6, 6.07) is 8.11. The van der Waals surface area contributed by atoms with Crippen molar-refractivity contribution < 1.29 is 4.52 Å². The van der Waals surface area contributed by atoms with E-state index in [1.807, 2.05) is 39.1 Å². The average Bonchev–Trinajstić information content (AvgIpc) is 3.02. The monoisotopic (exact) mass is 531 g/mol. The summed E-state index contributed by atoms with van der Waals surface area (Å²) in [6.07, 6.45) is 0. The molecule has 1 aliphatic rings. The van der Waals surface area contributed by atoms with Gasteiger partial charge >= 0.3 is 0 Å². The quantitative estimate of drug-likeness (QED) is 0.358. The van der Waals surface area contributed by atoms with Crippen LogP contribution in [0.15, 0.2) is 33.8 Å². The molecule has 1 fully saturated rings. The minimum Gasteiger partial charge on any atom is -0.361 e. The van der Waals surface area contributed by atoms with Crippen molar-refractivity contribution in [3.63, 3.8) is 0 Å². The van der Waals surface area contributed by atoms with Crippen LogP contribution >= 0.6 is 35.6 Å². The van der Waals surface area contributed by atoms with Gasteiger partial charge in [-0.3, -0.25) is 9.89 Å². The number of piperazine rings is 1. The van der Waals surface area contributed by atoms with Crippen LogP contribution in [0.1, 0.15) is 35.4 Å². The molecule has 0 aliphatic carbocycles. The number of nitrogens with zero attached hydrogens (tertiary/aromatic N) is 4. The highest BCUT2D eigenvalue weighted by atomic mass is 127. The molecular formula is C21H31ClIN5O. The van der Waals surface area contributed by atoms with E-state index >= 15 is 0 Å². The second-order valence-electron chi connectivity index (χ2n) is 7.46. The van der Waals surface area contributed by atoms with Crippen LogP contribution < -0.4 is 5.32 Å². The Kier molecular flexibility index (Phi) is 9.23. The fourth-order valence-corrected chi connectivity index (χ4v) is 4.10. The number of rotatable bonds is 5. The van der Waals surface area contributed by atoms with Crippen LogP contribution in [0, 0.1) is 13.8 Å². The highest BCUT2D eigenvalue weighted by Crippen LogP contribution is 2.22. The summed E-state index contributed by atoms with van der Waals surface area (Å²) in [5, 5.41) is 8.39. The zero-order valence-corrected chi connectivity index (χ0v) is 20.7. The van der Waals surface area contributed by atoms with Crippen molar-refractivity contribution in [1.29, 1.82) is 0 Å². The van der Waals surface area contributed by atoms with E-state index in [9.17, 15) is 0 Å². The highest BCUT2D eigenvalue weighted by Gasteiger charge is 2.21. The summed E-state index contributed by atoms with van der Waals surface area (Å²) in [4.78, 5) is 9.28. The number of hydrogen-bond donors (Lipinski definition) is 1. The zero-order chi connectivity index (χ0) is 20.1. The van der Waals surface area contributed by atoms with E-state index < -0.39 is 0 Å². The van der Waals surface area contributed by atoms with Gasteiger partial charge in [0, 0.05) is 62.8 Å². The van der Waals surface area contributed by atoms with Crippen LogP contribution in [0.2, 0.25) is 5.02 Å².